The second kappa shape index (κ2) is 9.64. The van der Waals surface area contributed by atoms with E-state index in [-0.39, 0.29) is 10.6 Å². The van der Waals surface area contributed by atoms with Crippen LogP contribution in [0.5, 0.6) is 11.5 Å². The van der Waals surface area contributed by atoms with Gasteiger partial charge in [0.2, 0.25) is 0 Å². The monoisotopic (exact) mass is 434 g/mol. The third kappa shape index (κ3) is 5.62. The maximum Gasteiger partial charge on any atom is 0.250 e. The van der Waals surface area contributed by atoms with Crippen LogP contribution >= 0.6 is 0 Å². The van der Waals surface area contributed by atoms with Crippen LogP contribution in [0.1, 0.15) is 94.9 Å². The van der Waals surface area contributed by atoms with E-state index in [2.05, 4.69) is 61.6 Å². The predicted octanol–water partition coefficient (Wildman–Crippen LogP) is 7.41. The first kappa shape index (κ1) is 25.3. The zero-order valence-electron chi connectivity index (χ0n) is 21.1. The van der Waals surface area contributed by atoms with Crippen molar-refractivity contribution in [2.45, 2.75) is 124 Å². The Morgan fingerprint density at radius 3 is 2.17 bits per heavy atom. The lowest BCUT2D eigenvalue weighted by atomic mass is 9.84. The summed E-state index contributed by atoms with van der Waals surface area (Å²) in [6.45, 7) is 20.8. The summed E-state index contributed by atoms with van der Waals surface area (Å²) >= 11 is 0. The number of aliphatic hydroxyl groups excluding tert-OH is 1. The first-order valence-electron chi connectivity index (χ1n) is 11.9. The fraction of sp³-hybridized carbons (Fsp3) is 0.769. The van der Waals surface area contributed by atoms with E-state index in [1.807, 2.05) is 0 Å². The van der Waals surface area contributed by atoms with Gasteiger partial charge in [-0.15, -0.1) is 0 Å². The Hall–Kier alpha value is -1.00. The van der Waals surface area contributed by atoms with Gasteiger partial charge >= 0.3 is 0 Å². The molecule has 1 aromatic rings. The van der Waals surface area contributed by atoms with Crippen LogP contribution in [0.15, 0.2) is 0 Å². The van der Waals surface area contributed by atoms with Crippen molar-refractivity contribution in [3.63, 3.8) is 0 Å². The van der Waals surface area contributed by atoms with Crippen LogP contribution in [0.3, 0.4) is 0 Å². The van der Waals surface area contributed by atoms with E-state index >= 15 is 0 Å². The topological polar surface area (TPSA) is 38.7 Å². The van der Waals surface area contributed by atoms with Crippen LogP contribution in [0.4, 0.5) is 0 Å². The van der Waals surface area contributed by atoms with Crippen molar-refractivity contribution in [3.05, 3.63) is 22.3 Å². The molecule has 0 saturated carbocycles. The van der Waals surface area contributed by atoms with E-state index in [9.17, 15) is 0 Å². The van der Waals surface area contributed by atoms with Crippen molar-refractivity contribution in [2.24, 2.45) is 0 Å². The van der Waals surface area contributed by atoms with E-state index in [1.54, 1.807) is 0 Å². The average molecular weight is 435 g/mol. The van der Waals surface area contributed by atoms with Crippen molar-refractivity contribution < 1.29 is 14.3 Å². The summed E-state index contributed by atoms with van der Waals surface area (Å²) in [6.07, 6.45) is 8.92. The molecule has 0 amide bonds. The van der Waals surface area contributed by atoms with E-state index < -0.39 is 8.32 Å². The first-order chi connectivity index (χ1) is 13.8. The van der Waals surface area contributed by atoms with Crippen LogP contribution in [0.2, 0.25) is 18.1 Å². The molecule has 0 saturated heterocycles. The summed E-state index contributed by atoms with van der Waals surface area (Å²) in [5.41, 5.74) is 5.05. The highest BCUT2D eigenvalue weighted by Crippen LogP contribution is 2.47. The van der Waals surface area contributed by atoms with Gasteiger partial charge in [0.15, 0.2) is 0 Å². The molecule has 0 radical (unpaired) electrons. The molecular formula is C26H46O3Si. The Labute approximate surface area is 186 Å². The van der Waals surface area contributed by atoms with Gasteiger partial charge in [-0.1, -0.05) is 40.0 Å². The maximum absolute atomic E-state index is 8.93. The summed E-state index contributed by atoms with van der Waals surface area (Å²) in [4.78, 5) is 0. The fourth-order valence-electron chi connectivity index (χ4n) is 4.16. The van der Waals surface area contributed by atoms with Gasteiger partial charge in [-0.05, 0) is 94.6 Å². The lowest BCUT2D eigenvalue weighted by Gasteiger charge is -2.41. The Bertz CT molecular complexity index is 733. The third-order valence-corrected chi connectivity index (χ3v) is 11.9. The van der Waals surface area contributed by atoms with Crippen molar-refractivity contribution in [2.75, 3.05) is 6.61 Å². The number of unbranched alkanes of at least 4 members (excludes halogenated alkanes) is 4. The van der Waals surface area contributed by atoms with E-state index in [1.165, 1.54) is 41.5 Å². The summed E-state index contributed by atoms with van der Waals surface area (Å²) < 4.78 is 13.5. The number of fused-ring (bicyclic) bond motifs is 1. The smallest absolute Gasteiger partial charge is 0.250 e. The lowest BCUT2D eigenvalue weighted by molar-refractivity contribution is 0.0522. The largest absolute Gasteiger partial charge is 0.543 e. The second-order valence-corrected chi connectivity index (χ2v) is 15.9. The van der Waals surface area contributed by atoms with Gasteiger partial charge in [0.25, 0.3) is 8.32 Å². The van der Waals surface area contributed by atoms with Gasteiger partial charge in [-0.2, -0.15) is 0 Å². The molecule has 0 bridgehead atoms. The minimum atomic E-state index is -1.89. The molecule has 172 valence electrons. The first-order valence-corrected chi connectivity index (χ1v) is 14.9. The zero-order chi connectivity index (χ0) is 22.7. The molecule has 0 unspecified atom stereocenters. The molecule has 0 aliphatic carbocycles. The SMILES string of the molecule is Cc1c(C)c2c(c(C)c1O[Si](C)(C)C(C)(C)C)CC[C@@](C)(CCCCCCCO)O2. The van der Waals surface area contributed by atoms with Crippen molar-refractivity contribution in [1.82, 2.24) is 0 Å². The van der Waals surface area contributed by atoms with Crippen LogP contribution in [0, 0.1) is 20.8 Å². The van der Waals surface area contributed by atoms with Crippen LogP contribution in [0.25, 0.3) is 0 Å². The van der Waals surface area contributed by atoms with Gasteiger partial charge < -0.3 is 14.3 Å². The Morgan fingerprint density at radius 1 is 0.967 bits per heavy atom. The average Bonchev–Trinajstić information content (AvgIpc) is 2.65. The maximum atomic E-state index is 8.93. The van der Waals surface area contributed by atoms with E-state index in [0.29, 0.717) is 6.61 Å². The normalized spacial score (nSPS) is 19.4. The number of rotatable bonds is 9. The minimum Gasteiger partial charge on any atom is -0.543 e. The second-order valence-electron chi connectivity index (χ2n) is 11.2. The molecule has 4 heteroatoms. The van der Waals surface area contributed by atoms with Crippen LogP contribution in [-0.2, 0) is 6.42 Å². The number of hydrogen-bond donors (Lipinski definition) is 1. The number of ether oxygens (including phenoxy) is 1. The molecule has 0 spiro atoms. The molecule has 1 heterocycles. The highest BCUT2D eigenvalue weighted by atomic mass is 28.4. The van der Waals surface area contributed by atoms with Gasteiger partial charge in [0.1, 0.15) is 17.1 Å². The van der Waals surface area contributed by atoms with E-state index in [0.717, 1.165) is 43.6 Å². The number of benzene rings is 1. The van der Waals surface area contributed by atoms with Crippen molar-refractivity contribution in [3.8, 4) is 11.5 Å². The summed E-state index contributed by atoms with van der Waals surface area (Å²) in [5, 5.41) is 9.11. The Kier molecular flexibility index (Phi) is 8.12. The van der Waals surface area contributed by atoms with Crippen LogP contribution < -0.4 is 9.16 Å². The summed E-state index contributed by atoms with van der Waals surface area (Å²) in [7, 11) is -1.89. The quantitative estimate of drug-likeness (QED) is 0.325. The molecule has 0 aromatic heterocycles. The van der Waals surface area contributed by atoms with Gasteiger partial charge in [0, 0.05) is 12.2 Å². The molecule has 1 aliphatic rings. The van der Waals surface area contributed by atoms with Crippen LogP contribution in [-0.4, -0.2) is 25.6 Å². The summed E-state index contributed by atoms with van der Waals surface area (Å²) in [5.74, 6) is 2.22. The lowest BCUT2D eigenvalue weighted by Crippen LogP contribution is -2.44. The van der Waals surface area contributed by atoms with Gasteiger partial charge in [-0.3, -0.25) is 0 Å². The third-order valence-electron chi connectivity index (χ3n) is 7.59. The van der Waals surface area contributed by atoms with Gasteiger partial charge in [-0.25, -0.2) is 0 Å². The molecule has 1 aromatic carbocycles. The highest BCUT2D eigenvalue weighted by molar-refractivity contribution is 6.74. The molecule has 2 rings (SSSR count). The molecular weight excluding hydrogens is 388 g/mol. The Balaban J connectivity index is 2.20. The predicted molar refractivity (Wildman–Crippen MR) is 131 cm³/mol. The van der Waals surface area contributed by atoms with E-state index in [4.69, 9.17) is 14.3 Å². The van der Waals surface area contributed by atoms with Gasteiger partial charge in [0.05, 0.1) is 0 Å². The molecule has 1 N–H and O–H groups in total. The number of hydrogen-bond acceptors (Lipinski definition) is 3. The Morgan fingerprint density at radius 2 is 1.57 bits per heavy atom. The van der Waals surface area contributed by atoms with Crippen molar-refractivity contribution >= 4 is 8.32 Å². The highest BCUT2D eigenvalue weighted by Gasteiger charge is 2.41. The fourth-order valence-corrected chi connectivity index (χ4v) is 5.28. The standard InChI is InChI=1S/C26H46O3Si/c1-19-20(2)24-22(21(3)23(19)29-30(8,9)25(4,5)6)15-17-26(7,28-24)16-13-11-10-12-14-18-27/h27H,10-18H2,1-9H3/t26-/m1/s1. The molecule has 30 heavy (non-hydrogen) atoms. The zero-order valence-corrected chi connectivity index (χ0v) is 22.1. The molecule has 1 atom stereocenters. The molecule has 1 aliphatic heterocycles. The minimum absolute atomic E-state index is 0.0740. The summed E-state index contributed by atoms with van der Waals surface area (Å²) in [6, 6.07) is 0. The van der Waals surface area contributed by atoms with Crippen molar-refractivity contribution in [1.29, 1.82) is 0 Å². The number of aliphatic hydroxyl groups is 1. The molecule has 3 nitrogen and oxygen atoms in total. The molecule has 0 fully saturated rings.